The quantitative estimate of drug-likeness (QED) is 0.660. The molecule has 13 heavy (non-hydrogen) atoms. The van der Waals surface area contributed by atoms with Crippen LogP contribution in [0.4, 0.5) is 0 Å². The summed E-state index contributed by atoms with van der Waals surface area (Å²) in [6.45, 7) is 3.81. The first-order valence-electron chi connectivity index (χ1n) is 4.33. The zero-order chi connectivity index (χ0) is 9.90. The molecule has 1 atom stereocenters. The molecule has 0 spiro atoms. The van der Waals surface area contributed by atoms with Crippen molar-refractivity contribution in [3.63, 3.8) is 0 Å². The molecule has 1 heterocycles. The van der Waals surface area contributed by atoms with E-state index < -0.39 is 15.5 Å². The second-order valence-electron chi connectivity index (χ2n) is 3.08. The Labute approximate surface area is 78.4 Å². The van der Waals surface area contributed by atoms with Gasteiger partial charge < -0.3 is 4.74 Å². The number of morpholine rings is 1. The van der Waals surface area contributed by atoms with Crippen molar-refractivity contribution in [3.05, 3.63) is 0 Å². The molecule has 1 unspecified atom stereocenters. The van der Waals surface area contributed by atoms with E-state index in [1.54, 1.807) is 4.90 Å². The average molecular weight is 209 g/mol. The molecule has 1 aliphatic heterocycles. The summed E-state index contributed by atoms with van der Waals surface area (Å²) in [5.41, 5.74) is 0. The van der Waals surface area contributed by atoms with Crippen molar-refractivity contribution >= 4 is 10.1 Å². The third-order valence-electron chi connectivity index (χ3n) is 2.05. The van der Waals surface area contributed by atoms with Crippen molar-refractivity contribution in [1.29, 1.82) is 0 Å². The highest BCUT2D eigenvalue weighted by Gasteiger charge is 2.32. The lowest BCUT2D eigenvalue weighted by Gasteiger charge is -2.32. The molecule has 0 aromatic heterocycles. The Kier molecular flexibility index (Phi) is 3.66. The van der Waals surface area contributed by atoms with Gasteiger partial charge in [-0.05, 0) is 13.0 Å². The molecule has 0 aromatic carbocycles. The summed E-state index contributed by atoms with van der Waals surface area (Å²) in [6, 6.07) is 0. The summed E-state index contributed by atoms with van der Waals surface area (Å²) in [4.78, 5) is 1.73. The van der Waals surface area contributed by atoms with Crippen LogP contribution in [0, 0.1) is 0 Å². The van der Waals surface area contributed by atoms with Gasteiger partial charge in [0.15, 0.2) is 5.37 Å². The van der Waals surface area contributed by atoms with Crippen molar-refractivity contribution in [2.24, 2.45) is 0 Å². The van der Waals surface area contributed by atoms with Crippen molar-refractivity contribution in [2.75, 3.05) is 26.3 Å². The number of hydrogen-bond donors (Lipinski definition) is 1. The molecule has 0 amide bonds. The number of ether oxygens (including phenoxy) is 1. The molecular weight excluding hydrogens is 194 g/mol. The van der Waals surface area contributed by atoms with E-state index in [4.69, 9.17) is 9.29 Å². The minimum absolute atomic E-state index is 0.0683. The number of hydrogen-bond acceptors (Lipinski definition) is 4. The monoisotopic (exact) mass is 209 g/mol. The zero-order valence-corrected chi connectivity index (χ0v) is 8.46. The average Bonchev–Trinajstić information content (AvgIpc) is 2.04. The first-order chi connectivity index (χ1) is 6.05. The van der Waals surface area contributed by atoms with Gasteiger partial charge in [0.2, 0.25) is 0 Å². The fourth-order valence-corrected chi connectivity index (χ4v) is 2.29. The summed E-state index contributed by atoms with van der Waals surface area (Å²) < 4.78 is 35.7. The molecule has 1 N–H and O–H groups in total. The van der Waals surface area contributed by atoms with Gasteiger partial charge in [-0.3, -0.25) is 9.45 Å². The highest BCUT2D eigenvalue weighted by molar-refractivity contribution is 7.86. The molecule has 0 aromatic rings. The van der Waals surface area contributed by atoms with E-state index in [2.05, 4.69) is 0 Å². The summed E-state index contributed by atoms with van der Waals surface area (Å²) >= 11 is 0. The van der Waals surface area contributed by atoms with Crippen molar-refractivity contribution in [1.82, 2.24) is 4.90 Å². The van der Waals surface area contributed by atoms with Crippen molar-refractivity contribution < 1.29 is 17.7 Å². The Balaban J connectivity index is 2.67. The van der Waals surface area contributed by atoms with Gasteiger partial charge in [0.05, 0.1) is 13.2 Å². The maximum atomic E-state index is 10.9. The minimum atomic E-state index is -4.00. The van der Waals surface area contributed by atoms with Crippen LogP contribution in [0.5, 0.6) is 0 Å². The molecule has 1 saturated heterocycles. The summed E-state index contributed by atoms with van der Waals surface area (Å²) in [5, 5.41) is -0.874. The fourth-order valence-electron chi connectivity index (χ4n) is 1.43. The van der Waals surface area contributed by atoms with Crippen LogP contribution in [0.25, 0.3) is 0 Å². The van der Waals surface area contributed by atoms with Gasteiger partial charge in [0.25, 0.3) is 10.1 Å². The Bertz CT molecular complexity index is 249. The van der Waals surface area contributed by atoms with E-state index in [1.807, 2.05) is 6.92 Å². The van der Waals surface area contributed by atoms with E-state index >= 15 is 0 Å². The topological polar surface area (TPSA) is 66.8 Å². The van der Waals surface area contributed by atoms with Gasteiger partial charge in [-0.1, -0.05) is 6.92 Å². The van der Waals surface area contributed by atoms with Crippen LogP contribution in [0.2, 0.25) is 0 Å². The van der Waals surface area contributed by atoms with Gasteiger partial charge >= 0.3 is 0 Å². The minimum Gasteiger partial charge on any atom is -0.377 e. The second kappa shape index (κ2) is 4.36. The predicted molar refractivity (Wildman–Crippen MR) is 48.0 cm³/mol. The van der Waals surface area contributed by atoms with Crippen LogP contribution in [-0.2, 0) is 14.9 Å². The molecule has 1 rings (SSSR count). The van der Waals surface area contributed by atoms with E-state index in [1.165, 1.54) is 0 Å². The number of rotatable bonds is 3. The SMILES string of the molecule is CCCN1CCOCC1S(=O)(=O)O. The lowest BCUT2D eigenvalue weighted by Crippen LogP contribution is -2.49. The Morgan fingerprint density at radius 2 is 2.31 bits per heavy atom. The van der Waals surface area contributed by atoms with Crippen LogP contribution >= 0.6 is 0 Å². The highest BCUT2D eigenvalue weighted by Crippen LogP contribution is 2.12. The highest BCUT2D eigenvalue weighted by atomic mass is 32.2. The third-order valence-corrected chi connectivity index (χ3v) is 3.17. The molecule has 78 valence electrons. The Morgan fingerprint density at radius 3 is 2.85 bits per heavy atom. The van der Waals surface area contributed by atoms with Gasteiger partial charge in [-0.15, -0.1) is 0 Å². The van der Waals surface area contributed by atoms with Gasteiger partial charge in [-0.2, -0.15) is 8.42 Å². The standard InChI is InChI=1S/C7H15NO4S/c1-2-3-8-4-5-12-6-7(8)13(9,10)11/h7H,2-6H2,1H3,(H,9,10,11). The van der Waals surface area contributed by atoms with E-state index in [-0.39, 0.29) is 6.61 Å². The first kappa shape index (κ1) is 10.9. The van der Waals surface area contributed by atoms with Crippen molar-refractivity contribution in [3.8, 4) is 0 Å². The van der Waals surface area contributed by atoms with Crippen LogP contribution in [0.15, 0.2) is 0 Å². The Hall–Kier alpha value is -0.170. The second-order valence-corrected chi connectivity index (χ2v) is 4.65. The first-order valence-corrected chi connectivity index (χ1v) is 5.84. The molecule has 0 radical (unpaired) electrons. The lowest BCUT2D eigenvalue weighted by molar-refractivity contribution is 0.0190. The summed E-state index contributed by atoms with van der Waals surface area (Å²) in [6.07, 6.45) is 0.867. The van der Waals surface area contributed by atoms with Gasteiger partial charge in [0.1, 0.15) is 0 Å². The largest absolute Gasteiger partial charge is 0.377 e. The third kappa shape index (κ3) is 2.91. The Morgan fingerprint density at radius 1 is 1.62 bits per heavy atom. The van der Waals surface area contributed by atoms with Crippen LogP contribution < -0.4 is 0 Å². The molecule has 1 fully saturated rings. The van der Waals surface area contributed by atoms with Crippen LogP contribution in [0.1, 0.15) is 13.3 Å². The summed E-state index contributed by atoms with van der Waals surface area (Å²) in [7, 11) is -4.00. The molecular formula is C7H15NO4S. The van der Waals surface area contributed by atoms with Gasteiger partial charge in [0, 0.05) is 6.54 Å². The normalized spacial score (nSPS) is 26.2. The molecule has 1 aliphatic rings. The molecule has 6 heteroatoms. The van der Waals surface area contributed by atoms with E-state index in [0.717, 1.165) is 6.42 Å². The smallest absolute Gasteiger partial charge is 0.283 e. The van der Waals surface area contributed by atoms with E-state index in [0.29, 0.717) is 19.7 Å². The molecule has 0 bridgehead atoms. The van der Waals surface area contributed by atoms with Crippen molar-refractivity contribution in [2.45, 2.75) is 18.7 Å². The molecule has 5 nitrogen and oxygen atoms in total. The molecule has 0 saturated carbocycles. The fraction of sp³-hybridized carbons (Fsp3) is 1.00. The van der Waals surface area contributed by atoms with Crippen LogP contribution in [-0.4, -0.2) is 49.5 Å². The summed E-state index contributed by atoms with van der Waals surface area (Å²) in [5.74, 6) is 0. The maximum Gasteiger partial charge on any atom is 0.283 e. The number of nitrogens with zero attached hydrogens (tertiary/aromatic N) is 1. The zero-order valence-electron chi connectivity index (χ0n) is 7.64. The van der Waals surface area contributed by atoms with Crippen LogP contribution in [0.3, 0.4) is 0 Å². The predicted octanol–water partition coefficient (Wildman–Crippen LogP) is -0.0575. The van der Waals surface area contributed by atoms with Gasteiger partial charge in [-0.25, -0.2) is 0 Å². The maximum absolute atomic E-state index is 10.9. The lowest BCUT2D eigenvalue weighted by atomic mass is 10.3. The molecule has 0 aliphatic carbocycles. The van der Waals surface area contributed by atoms with E-state index in [9.17, 15) is 8.42 Å².